The van der Waals surface area contributed by atoms with Crippen LogP contribution in [0.15, 0.2) is 48.7 Å². The van der Waals surface area contributed by atoms with Gasteiger partial charge in [-0.05, 0) is 50.7 Å². The van der Waals surface area contributed by atoms with Crippen molar-refractivity contribution in [1.29, 1.82) is 0 Å². The first-order chi connectivity index (χ1) is 17.0. The molecule has 0 N–H and O–H groups in total. The van der Waals surface area contributed by atoms with Gasteiger partial charge in [0.1, 0.15) is 0 Å². The van der Waals surface area contributed by atoms with E-state index in [0.29, 0.717) is 35.1 Å². The first kappa shape index (κ1) is 26.4. The molecule has 2 atom stereocenters. The SMILES string of the molecule is CCn1cc(-c2ccccc2C2CN(C(=O)/C=C/CN(C)C)C(C)c3sc(Cl)cc32)c(C(F)(F)F)n1. The van der Waals surface area contributed by atoms with Crippen molar-refractivity contribution in [2.24, 2.45) is 0 Å². The fourth-order valence-corrected chi connectivity index (χ4v) is 6.00. The predicted octanol–water partition coefficient (Wildman–Crippen LogP) is 6.46. The number of hydrogen-bond acceptors (Lipinski definition) is 4. The minimum Gasteiger partial charge on any atom is -0.331 e. The zero-order valence-corrected chi connectivity index (χ0v) is 22.1. The van der Waals surface area contributed by atoms with Gasteiger partial charge in [0.05, 0.1) is 10.4 Å². The molecule has 1 amide bonds. The number of carbonyl (C=O) groups is 1. The molecule has 1 aliphatic rings. The van der Waals surface area contributed by atoms with Crippen molar-refractivity contribution in [2.45, 2.75) is 38.5 Å². The number of amides is 1. The van der Waals surface area contributed by atoms with E-state index in [2.05, 4.69) is 5.10 Å². The Balaban J connectivity index is 1.82. The molecule has 2 aromatic heterocycles. The van der Waals surface area contributed by atoms with Crippen molar-refractivity contribution in [2.75, 3.05) is 27.2 Å². The van der Waals surface area contributed by atoms with E-state index in [1.807, 2.05) is 50.2 Å². The summed E-state index contributed by atoms with van der Waals surface area (Å²) in [5.41, 5.74) is 1.22. The predicted molar refractivity (Wildman–Crippen MR) is 137 cm³/mol. The molecule has 3 heterocycles. The number of aromatic nitrogens is 2. The lowest BCUT2D eigenvalue weighted by Crippen LogP contribution is -2.40. The van der Waals surface area contributed by atoms with Gasteiger partial charge >= 0.3 is 6.18 Å². The first-order valence-electron chi connectivity index (χ1n) is 11.7. The average Bonchev–Trinajstić information content (AvgIpc) is 3.43. The summed E-state index contributed by atoms with van der Waals surface area (Å²) in [5, 5.41) is 3.81. The van der Waals surface area contributed by atoms with Crippen molar-refractivity contribution in [1.82, 2.24) is 19.6 Å². The summed E-state index contributed by atoms with van der Waals surface area (Å²) in [7, 11) is 3.84. The molecule has 0 bridgehead atoms. The molecular weight excluding hydrogens is 509 g/mol. The minimum absolute atomic E-state index is 0.0326. The molecule has 36 heavy (non-hydrogen) atoms. The van der Waals surface area contributed by atoms with Gasteiger partial charge in [-0.3, -0.25) is 9.48 Å². The van der Waals surface area contributed by atoms with Crippen LogP contribution in [0.3, 0.4) is 0 Å². The Hall–Kier alpha value is -2.62. The van der Waals surface area contributed by atoms with E-state index in [1.165, 1.54) is 22.2 Å². The molecule has 5 nitrogen and oxygen atoms in total. The molecule has 0 fully saturated rings. The number of alkyl halides is 3. The van der Waals surface area contributed by atoms with Gasteiger partial charge in [0.15, 0.2) is 5.69 Å². The van der Waals surface area contributed by atoms with Crippen molar-refractivity contribution >= 4 is 28.8 Å². The normalized spacial score (nSPS) is 18.3. The molecule has 3 aromatic rings. The number of fused-ring (bicyclic) bond motifs is 1. The van der Waals surface area contributed by atoms with Crippen LogP contribution >= 0.6 is 22.9 Å². The molecular formula is C26H28ClF3N4OS. The minimum atomic E-state index is -4.60. The maximum absolute atomic E-state index is 13.9. The first-order valence-corrected chi connectivity index (χ1v) is 12.9. The number of rotatable bonds is 6. The van der Waals surface area contributed by atoms with Crippen LogP contribution in [0.1, 0.15) is 47.5 Å². The van der Waals surface area contributed by atoms with E-state index >= 15 is 0 Å². The zero-order chi connectivity index (χ0) is 26.2. The largest absolute Gasteiger partial charge is 0.435 e. The van der Waals surface area contributed by atoms with Crippen molar-refractivity contribution in [3.8, 4) is 11.1 Å². The van der Waals surface area contributed by atoms with Crippen LogP contribution in [0, 0.1) is 0 Å². The van der Waals surface area contributed by atoms with Gasteiger partial charge in [-0.25, -0.2) is 0 Å². The van der Waals surface area contributed by atoms with Gasteiger partial charge in [-0.2, -0.15) is 18.3 Å². The Morgan fingerprint density at radius 2 is 1.97 bits per heavy atom. The van der Waals surface area contributed by atoms with E-state index in [-0.39, 0.29) is 23.4 Å². The summed E-state index contributed by atoms with van der Waals surface area (Å²) < 4.78 is 43.7. The molecule has 0 radical (unpaired) electrons. The van der Waals surface area contributed by atoms with Gasteiger partial charge in [0.2, 0.25) is 5.91 Å². The highest BCUT2D eigenvalue weighted by atomic mass is 35.5. The van der Waals surface area contributed by atoms with Crippen LogP contribution in [-0.4, -0.2) is 52.7 Å². The summed E-state index contributed by atoms with van der Waals surface area (Å²) in [6.07, 6.45) is 0.220. The standard InChI is InChI=1S/C26H28ClF3N4OS/c1-5-33-14-21(25(31-33)26(28,29)30)18-10-7-6-9-17(18)20-15-34(23(35)11-8-12-32(3)4)16(2)24-19(20)13-22(27)36-24/h6-11,13-14,16,20H,5,12,15H2,1-4H3/b11-8+. The Kier molecular flexibility index (Phi) is 7.64. The average molecular weight is 537 g/mol. The van der Waals surface area contributed by atoms with E-state index < -0.39 is 11.9 Å². The monoisotopic (exact) mass is 536 g/mol. The molecule has 0 saturated carbocycles. The van der Waals surface area contributed by atoms with Gasteiger partial charge < -0.3 is 9.80 Å². The lowest BCUT2D eigenvalue weighted by molar-refractivity contribution is -0.141. The topological polar surface area (TPSA) is 41.4 Å². The van der Waals surface area contributed by atoms with Gasteiger partial charge in [-0.15, -0.1) is 11.3 Å². The number of likely N-dealkylation sites (N-methyl/N-ethyl adjacent to an activating group) is 1. The molecule has 2 unspecified atom stereocenters. The van der Waals surface area contributed by atoms with E-state index in [1.54, 1.807) is 30.0 Å². The van der Waals surface area contributed by atoms with Crippen molar-refractivity contribution in [3.05, 3.63) is 74.7 Å². The van der Waals surface area contributed by atoms with Crippen LogP contribution in [-0.2, 0) is 17.5 Å². The lowest BCUT2D eigenvalue weighted by Gasteiger charge is -2.38. The number of nitrogens with zero attached hydrogens (tertiary/aromatic N) is 4. The summed E-state index contributed by atoms with van der Waals surface area (Å²) >= 11 is 7.82. The third-order valence-corrected chi connectivity index (χ3v) is 7.81. The second-order valence-electron chi connectivity index (χ2n) is 9.09. The molecule has 0 spiro atoms. The Morgan fingerprint density at radius 3 is 2.64 bits per heavy atom. The summed E-state index contributed by atoms with van der Waals surface area (Å²) in [5.74, 6) is -0.481. The number of hydrogen-bond donors (Lipinski definition) is 0. The van der Waals surface area contributed by atoms with Crippen LogP contribution in [0.2, 0.25) is 4.34 Å². The third kappa shape index (κ3) is 5.23. The Morgan fingerprint density at radius 1 is 1.25 bits per heavy atom. The fourth-order valence-electron chi connectivity index (χ4n) is 4.62. The van der Waals surface area contributed by atoms with Gasteiger partial charge in [0.25, 0.3) is 0 Å². The number of aryl methyl sites for hydroxylation is 1. The highest BCUT2D eigenvalue weighted by Crippen LogP contribution is 2.48. The molecule has 1 aliphatic heterocycles. The van der Waals surface area contributed by atoms with Crippen molar-refractivity contribution in [3.63, 3.8) is 0 Å². The molecule has 4 rings (SSSR count). The molecule has 192 valence electrons. The fraction of sp³-hybridized carbons (Fsp3) is 0.385. The number of halogens is 4. The Labute approximate surface area is 217 Å². The van der Waals surface area contributed by atoms with Crippen LogP contribution in [0.4, 0.5) is 13.2 Å². The van der Waals surface area contributed by atoms with Gasteiger partial charge in [0, 0.05) is 48.3 Å². The number of carbonyl (C=O) groups excluding carboxylic acids is 1. The van der Waals surface area contributed by atoms with E-state index in [9.17, 15) is 18.0 Å². The quantitative estimate of drug-likeness (QED) is 0.340. The summed E-state index contributed by atoms with van der Waals surface area (Å²) in [4.78, 5) is 17.9. The van der Waals surface area contributed by atoms with Crippen LogP contribution < -0.4 is 0 Å². The number of thiophene rings is 1. The number of benzene rings is 1. The molecule has 1 aromatic carbocycles. The maximum atomic E-state index is 13.9. The van der Waals surface area contributed by atoms with E-state index in [0.717, 1.165) is 10.4 Å². The highest BCUT2D eigenvalue weighted by Gasteiger charge is 2.40. The van der Waals surface area contributed by atoms with Crippen molar-refractivity contribution < 1.29 is 18.0 Å². The molecule has 0 aliphatic carbocycles. The van der Waals surface area contributed by atoms with E-state index in [4.69, 9.17) is 11.6 Å². The molecule has 10 heteroatoms. The smallest absolute Gasteiger partial charge is 0.331 e. The molecule has 0 saturated heterocycles. The maximum Gasteiger partial charge on any atom is 0.435 e. The highest BCUT2D eigenvalue weighted by molar-refractivity contribution is 7.16. The van der Waals surface area contributed by atoms with Crippen LogP contribution in [0.5, 0.6) is 0 Å². The van der Waals surface area contributed by atoms with Crippen LogP contribution in [0.25, 0.3) is 11.1 Å². The van der Waals surface area contributed by atoms with Gasteiger partial charge in [-0.1, -0.05) is 41.9 Å². The third-order valence-electron chi connectivity index (χ3n) is 6.36. The summed E-state index contributed by atoms with van der Waals surface area (Å²) in [6.45, 7) is 4.97. The second kappa shape index (κ2) is 10.4. The summed E-state index contributed by atoms with van der Waals surface area (Å²) in [6, 6.07) is 8.73. The Bertz CT molecular complexity index is 1280. The second-order valence-corrected chi connectivity index (χ2v) is 10.8. The zero-order valence-electron chi connectivity index (χ0n) is 20.5. The lowest BCUT2D eigenvalue weighted by atomic mass is 9.82.